The molecule has 1 aromatic rings. The predicted molar refractivity (Wildman–Crippen MR) is 61.8 cm³/mol. The second-order valence-electron chi connectivity index (χ2n) is 4.20. The molecule has 2 rings (SSSR count). The second kappa shape index (κ2) is 4.53. The van der Waals surface area contributed by atoms with E-state index in [1.54, 1.807) is 17.0 Å². The molecule has 16 heavy (non-hydrogen) atoms. The van der Waals surface area contributed by atoms with Crippen LogP contribution in [0.25, 0.3) is 0 Å². The molecule has 0 unspecified atom stereocenters. The maximum atomic E-state index is 11.8. The van der Waals surface area contributed by atoms with E-state index in [2.05, 4.69) is 0 Å². The summed E-state index contributed by atoms with van der Waals surface area (Å²) in [6, 6.07) is 7.31. The number of hydrogen-bond acceptors (Lipinski definition) is 3. The number of β-amino-alcohol motifs (C(OH)–C–C–N with tert-alkyl or cyclic N) is 1. The smallest absolute Gasteiger partial charge is 0.227 e. The molecule has 1 atom stereocenters. The molecule has 1 heterocycles. The fourth-order valence-electron chi connectivity index (χ4n) is 1.89. The van der Waals surface area contributed by atoms with Crippen LogP contribution in [-0.2, 0) is 11.2 Å². The van der Waals surface area contributed by atoms with Crippen molar-refractivity contribution in [2.45, 2.75) is 18.9 Å². The van der Waals surface area contributed by atoms with Crippen molar-refractivity contribution in [3.63, 3.8) is 0 Å². The highest BCUT2D eigenvalue weighted by atomic mass is 16.3. The first kappa shape index (κ1) is 11.0. The maximum Gasteiger partial charge on any atom is 0.227 e. The van der Waals surface area contributed by atoms with Gasteiger partial charge in [0.25, 0.3) is 0 Å². The number of anilines is 1. The molecule has 0 spiro atoms. The van der Waals surface area contributed by atoms with Gasteiger partial charge < -0.3 is 15.7 Å². The molecule has 0 bridgehead atoms. The number of aliphatic hydroxyl groups excluding tert-OH is 1. The van der Waals surface area contributed by atoms with Gasteiger partial charge in [-0.15, -0.1) is 0 Å². The van der Waals surface area contributed by atoms with E-state index in [0.29, 0.717) is 31.6 Å². The van der Waals surface area contributed by atoms with Gasteiger partial charge in [0.15, 0.2) is 0 Å². The Morgan fingerprint density at radius 2 is 2.12 bits per heavy atom. The molecule has 0 aromatic heterocycles. The monoisotopic (exact) mass is 220 g/mol. The third-order valence-corrected chi connectivity index (χ3v) is 2.85. The van der Waals surface area contributed by atoms with E-state index in [9.17, 15) is 9.90 Å². The zero-order valence-corrected chi connectivity index (χ0v) is 9.10. The molecule has 86 valence electrons. The summed E-state index contributed by atoms with van der Waals surface area (Å²) in [4.78, 5) is 13.5. The van der Waals surface area contributed by atoms with E-state index in [0.717, 1.165) is 5.56 Å². The number of hydrogen-bond donors (Lipinski definition) is 2. The summed E-state index contributed by atoms with van der Waals surface area (Å²) in [7, 11) is 0. The third kappa shape index (κ3) is 2.52. The van der Waals surface area contributed by atoms with Gasteiger partial charge in [0.05, 0.1) is 12.5 Å². The number of amides is 1. The largest absolute Gasteiger partial charge is 0.399 e. The van der Waals surface area contributed by atoms with Crippen molar-refractivity contribution >= 4 is 11.6 Å². The molecule has 4 heteroatoms. The molecule has 3 N–H and O–H groups in total. The lowest BCUT2D eigenvalue weighted by Crippen LogP contribution is -2.30. The fourth-order valence-corrected chi connectivity index (χ4v) is 1.89. The summed E-state index contributed by atoms with van der Waals surface area (Å²) in [5.41, 5.74) is 7.23. The van der Waals surface area contributed by atoms with E-state index in [1.165, 1.54) is 0 Å². The summed E-state index contributed by atoms with van der Waals surface area (Å²) in [6.45, 7) is 1.13. The highest BCUT2D eigenvalue weighted by molar-refractivity contribution is 5.79. The Hall–Kier alpha value is -1.55. The summed E-state index contributed by atoms with van der Waals surface area (Å²) in [6.07, 6.45) is 0.718. The number of aliphatic hydroxyl groups is 1. The molecule has 0 saturated carbocycles. The number of nitrogens with two attached hydrogens (primary N) is 1. The molecule has 1 aromatic carbocycles. The Bertz CT molecular complexity index is 375. The molecule has 1 saturated heterocycles. The van der Waals surface area contributed by atoms with Crippen LogP contribution < -0.4 is 5.73 Å². The summed E-state index contributed by atoms with van der Waals surface area (Å²) < 4.78 is 0. The van der Waals surface area contributed by atoms with Crippen molar-refractivity contribution in [3.8, 4) is 0 Å². The summed E-state index contributed by atoms with van der Waals surface area (Å²) in [5, 5.41) is 9.34. The van der Waals surface area contributed by atoms with Gasteiger partial charge in [0, 0.05) is 18.8 Å². The van der Waals surface area contributed by atoms with Gasteiger partial charge in [-0.3, -0.25) is 4.79 Å². The minimum atomic E-state index is -0.352. The normalized spacial score (nSPS) is 20.1. The standard InChI is InChI=1S/C12H16N2O2/c13-10-3-1-9(2-4-10)7-12(16)14-6-5-11(15)8-14/h1-4,11,15H,5-8,13H2/t11-/m1/s1. The number of rotatable bonds is 2. The average molecular weight is 220 g/mol. The van der Waals surface area contributed by atoms with Gasteiger partial charge in [0.1, 0.15) is 0 Å². The number of benzene rings is 1. The van der Waals surface area contributed by atoms with Crippen LogP contribution in [0.1, 0.15) is 12.0 Å². The Morgan fingerprint density at radius 1 is 1.44 bits per heavy atom. The second-order valence-corrected chi connectivity index (χ2v) is 4.20. The van der Waals surface area contributed by atoms with E-state index in [1.807, 2.05) is 12.1 Å². The molecule has 0 radical (unpaired) electrons. The summed E-state index contributed by atoms with van der Waals surface area (Å²) >= 11 is 0. The van der Waals surface area contributed by atoms with Crippen molar-refractivity contribution in [1.82, 2.24) is 4.90 Å². The molecule has 1 fully saturated rings. The van der Waals surface area contributed by atoms with Gasteiger partial charge in [-0.05, 0) is 24.1 Å². The van der Waals surface area contributed by atoms with Gasteiger partial charge in [-0.1, -0.05) is 12.1 Å². The number of nitrogens with zero attached hydrogens (tertiary/aromatic N) is 1. The SMILES string of the molecule is Nc1ccc(CC(=O)N2CC[C@@H](O)C2)cc1. The number of carbonyl (C=O) groups is 1. The first-order valence-electron chi connectivity index (χ1n) is 5.45. The maximum absolute atomic E-state index is 11.8. The molecular weight excluding hydrogens is 204 g/mol. The van der Waals surface area contributed by atoms with Gasteiger partial charge in [0.2, 0.25) is 5.91 Å². The quantitative estimate of drug-likeness (QED) is 0.709. The van der Waals surface area contributed by atoms with Crippen molar-refractivity contribution in [2.24, 2.45) is 0 Å². The molecular formula is C12H16N2O2. The number of likely N-dealkylation sites (tertiary alicyclic amines) is 1. The Morgan fingerprint density at radius 3 is 2.69 bits per heavy atom. The predicted octanol–water partition coefficient (Wildman–Crippen LogP) is 0.404. The lowest BCUT2D eigenvalue weighted by atomic mass is 10.1. The highest BCUT2D eigenvalue weighted by Gasteiger charge is 2.24. The minimum Gasteiger partial charge on any atom is -0.399 e. The van der Waals surface area contributed by atoms with Crippen molar-refractivity contribution in [3.05, 3.63) is 29.8 Å². The van der Waals surface area contributed by atoms with Crippen LogP contribution in [-0.4, -0.2) is 35.1 Å². The number of nitrogen functional groups attached to an aromatic ring is 1. The zero-order chi connectivity index (χ0) is 11.5. The number of carbonyl (C=O) groups excluding carboxylic acids is 1. The van der Waals surface area contributed by atoms with Crippen molar-refractivity contribution < 1.29 is 9.90 Å². The van der Waals surface area contributed by atoms with Crippen LogP contribution in [0.4, 0.5) is 5.69 Å². The van der Waals surface area contributed by atoms with E-state index < -0.39 is 0 Å². The Balaban J connectivity index is 1.94. The van der Waals surface area contributed by atoms with Gasteiger partial charge in [-0.2, -0.15) is 0 Å². The first-order chi connectivity index (χ1) is 7.65. The topological polar surface area (TPSA) is 66.6 Å². The lowest BCUT2D eigenvalue weighted by molar-refractivity contribution is -0.129. The molecule has 1 aliphatic rings. The van der Waals surface area contributed by atoms with E-state index in [-0.39, 0.29) is 12.0 Å². The van der Waals surface area contributed by atoms with Crippen LogP contribution in [0.5, 0.6) is 0 Å². The van der Waals surface area contributed by atoms with Crippen LogP contribution in [0, 0.1) is 0 Å². The average Bonchev–Trinajstić information content (AvgIpc) is 2.68. The lowest BCUT2D eigenvalue weighted by Gasteiger charge is -2.15. The van der Waals surface area contributed by atoms with Gasteiger partial charge in [-0.25, -0.2) is 0 Å². The van der Waals surface area contributed by atoms with E-state index >= 15 is 0 Å². The van der Waals surface area contributed by atoms with Crippen molar-refractivity contribution in [2.75, 3.05) is 18.8 Å². The molecule has 1 amide bonds. The van der Waals surface area contributed by atoms with Crippen LogP contribution in [0.3, 0.4) is 0 Å². The molecule has 1 aliphatic heterocycles. The summed E-state index contributed by atoms with van der Waals surface area (Å²) in [5.74, 6) is 0.0707. The van der Waals surface area contributed by atoms with Crippen LogP contribution in [0.15, 0.2) is 24.3 Å². The Labute approximate surface area is 94.7 Å². The zero-order valence-electron chi connectivity index (χ0n) is 9.10. The van der Waals surface area contributed by atoms with Crippen LogP contribution >= 0.6 is 0 Å². The van der Waals surface area contributed by atoms with E-state index in [4.69, 9.17) is 5.73 Å². The van der Waals surface area contributed by atoms with Crippen LogP contribution in [0.2, 0.25) is 0 Å². The molecule has 4 nitrogen and oxygen atoms in total. The highest BCUT2D eigenvalue weighted by Crippen LogP contribution is 2.12. The Kier molecular flexibility index (Phi) is 3.10. The third-order valence-electron chi connectivity index (χ3n) is 2.85. The van der Waals surface area contributed by atoms with Crippen molar-refractivity contribution in [1.29, 1.82) is 0 Å². The first-order valence-corrected chi connectivity index (χ1v) is 5.45. The molecule has 0 aliphatic carbocycles. The minimum absolute atomic E-state index is 0.0707. The fraction of sp³-hybridized carbons (Fsp3) is 0.417. The van der Waals surface area contributed by atoms with Gasteiger partial charge >= 0.3 is 0 Å².